The smallest absolute Gasteiger partial charge is 0.313 e. The van der Waals surface area contributed by atoms with Gasteiger partial charge in [0, 0.05) is 31.9 Å². The van der Waals surface area contributed by atoms with Crippen molar-refractivity contribution in [1.29, 1.82) is 0 Å². The standard InChI is InChI=1S/C11H15N5O2S/c1-2-9-13-14-11(19-7-10(17)18)16(9)6-5-15-4-3-12-8-15/h3-4,8H,2,5-7H2,1H3,(H,17,18). The van der Waals surface area contributed by atoms with E-state index in [1.807, 2.05) is 22.3 Å². The highest BCUT2D eigenvalue weighted by Crippen LogP contribution is 2.17. The van der Waals surface area contributed by atoms with Crippen molar-refractivity contribution in [2.75, 3.05) is 5.75 Å². The van der Waals surface area contributed by atoms with Gasteiger partial charge in [-0.2, -0.15) is 0 Å². The van der Waals surface area contributed by atoms with Crippen LogP contribution >= 0.6 is 11.8 Å². The number of carboxylic acid groups (broad SMARTS) is 1. The molecule has 102 valence electrons. The molecule has 0 saturated carbocycles. The Kier molecular flexibility index (Phi) is 4.56. The number of thioether (sulfide) groups is 1. The van der Waals surface area contributed by atoms with Crippen LogP contribution in [0.2, 0.25) is 0 Å². The highest BCUT2D eigenvalue weighted by atomic mass is 32.2. The Morgan fingerprint density at radius 3 is 2.89 bits per heavy atom. The highest BCUT2D eigenvalue weighted by molar-refractivity contribution is 7.99. The minimum Gasteiger partial charge on any atom is -0.481 e. The summed E-state index contributed by atoms with van der Waals surface area (Å²) in [6.07, 6.45) is 6.14. The van der Waals surface area contributed by atoms with E-state index in [0.29, 0.717) is 11.7 Å². The lowest BCUT2D eigenvalue weighted by Gasteiger charge is -2.09. The van der Waals surface area contributed by atoms with Gasteiger partial charge >= 0.3 is 5.97 Å². The monoisotopic (exact) mass is 281 g/mol. The lowest BCUT2D eigenvalue weighted by Crippen LogP contribution is -2.11. The summed E-state index contributed by atoms with van der Waals surface area (Å²) in [5.74, 6) is 0.00706. The number of rotatable bonds is 7. The zero-order valence-corrected chi connectivity index (χ0v) is 11.4. The summed E-state index contributed by atoms with van der Waals surface area (Å²) < 4.78 is 3.93. The number of nitrogens with zero attached hydrogens (tertiary/aromatic N) is 5. The predicted molar refractivity (Wildman–Crippen MR) is 70.0 cm³/mol. The fourth-order valence-corrected chi connectivity index (χ4v) is 2.38. The molecule has 19 heavy (non-hydrogen) atoms. The molecule has 7 nitrogen and oxygen atoms in total. The van der Waals surface area contributed by atoms with Gasteiger partial charge in [-0.15, -0.1) is 10.2 Å². The first-order valence-electron chi connectivity index (χ1n) is 5.93. The molecule has 0 amide bonds. The van der Waals surface area contributed by atoms with Crippen molar-refractivity contribution in [2.24, 2.45) is 0 Å². The Bertz CT molecular complexity index is 537. The number of carbonyl (C=O) groups is 1. The van der Waals surface area contributed by atoms with E-state index in [9.17, 15) is 4.79 Å². The van der Waals surface area contributed by atoms with E-state index in [2.05, 4.69) is 15.2 Å². The van der Waals surface area contributed by atoms with Crippen molar-refractivity contribution >= 4 is 17.7 Å². The summed E-state index contributed by atoms with van der Waals surface area (Å²) in [6, 6.07) is 0. The molecule has 2 rings (SSSR count). The van der Waals surface area contributed by atoms with Crippen molar-refractivity contribution in [2.45, 2.75) is 31.6 Å². The summed E-state index contributed by atoms with van der Waals surface area (Å²) >= 11 is 1.19. The molecule has 0 aliphatic carbocycles. The normalized spacial score (nSPS) is 10.8. The summed E-state index contributed by atoms with van der Waals surface area (Å²) in [4.78, 5) is 14.6. The number of hydrogen-bond acceptors (Lipinski definition) is 5. The third-order valence-corrected chi connectivity index (χ3v) is 3.53. The Balaban J connectivity index is 2.07. The molecule has 0 spiro atoms. The van der Waals surface area contributed by atoms with Gasteiger partial charge in [-0.05, 0) is 0 Å². The predicted octanol–water partition coefficient (Wildman–Crippen LogP) is 0.914. The third-order valence-electron chi connectivity index (χ3n) is 2.58. The molecule has 0 aromatic carbocycles. The van der Waals surface area contributed by atoms with Gasteiger partial charge in [-0.25, -0.2) is 4.98 Å². The molecule has 0 fully saturated rings. The topological polar surface area (TPSA) is 85.8 Å². The molecular formula is C11H15N5O2S. The van der Waals surface area contributed by atoms with Gasteiger partial charge in [0.05, 0.1) is 12.1 Å². The van der Waals surface area contributed by atoms with Gasteiger partial charge in [-0.1, -0.05) is 18.7 Å². The Hall–Kier alpha value is -1.83. The molecule has 0 aliphatic rings. The average molecular weight is 281 g/mol. The lowest BCUT2D eigenvalue weighted by atomic mass is 10.4. The van der Waals surface area contributed by atoms with E-state index < -0.39 is 5.97 Å². The quantitative estimate of drug-likeness (QED) is 0.759. The molecule has 0 unspecified atom stereocenters. The maximum atomic E-state index is 10.6. The molecule has 0 radical (unpaired) electrons. The number of aromatic nitrogens is 5. The molecule has 0 aliphatic heterocycles. The summed E-state index contributed by atoms with van der Waals surface area (Å²) in [5, 5.41) is 17.5. The molecule has 0 bridgehead atoms. The molecule has 0 atom stereocenters. The van der Waals surface area contributed by atoms with Crippen LogP contribution in [0.1, 0.15) is 12.7 Å². The van der Waals surface area contributed by atoms with Crippen LogP contribution in [0, 0.1) is 0 Å². The van der Waals surface area contributed by atoms with E-state index in [1.165, 1.54) is 11.8 Å². The van der Waals surface area contributed by atoms with Crippen LogP contribution < -0.4 is 0 Å². The molecule has 1 N–H and O–H groups in total. The van der Waals surface area contributed by atoms with Crippen molar-refractivity contribution in [3.8, 4) is 0 Å². The van der Waals surface area contributed by atoms with Gasteiger partial charge in [0.2, 0.25) is 0 Å². The average Bonchev–Trinajstić information content (AvgIpc) is 3.02. The largest absolute Gasteiger partial charge is 0.481 e. The summed E-state index contributed by atoms with van der Waals surface area (Å²) in [7, 11) is 0. The molecular weight excluding hydrogens is 266 g/mol. The van der Waals surface area contributed by atoms with Crippen LogP contribution in [-0.2, 0) is 24.3 Å². The number of aliphatic carboxylic acids is 1. The lowest BCUT2D eigenvalue weighted by molar-refractivity contribution is -0.133. The number of imidazole rings is 1. The zero-order valence-electron chi connectivity index (χ0n) is 10.6. The minimum absolute atomic E-state index is 0.00702. The number of hydrogen-bond donors (Lipinski definition) is 1. The van der Waals surface area contributed by atoms with Crippen LogP contribution in [0.5, 0.6) is 0 Å². The molecule has 2 heterocycles. The van der Waals surface area contributed by atoms with Gasteiger partial charge in [0.15, 0.2) is 5.16 Å². The zero-order chi connectivity index (χ0) is 13.7. The van der Waals surface area contributed by atoms with Crippen LogP contribution in [0.3, 0.4) is 0 Å². The minimum atomic E-state index is -0.854. The van der Waals surface area contributed by atoms with Gasteiger partial charge in [-0.3, -0.25) is 4.79 Å². The number of carboxylic acids is 1. The first kappa shape index (κ1) is 13.6. The fraction of sp³-hybridized carbons (Fsp3) is 0.455. The van der Waals surface area contributed by atoms with E-state index in [-0.39, 0.29) is 5.75 Å². The first-order chi connectivity index (χ1) is 9.20. The van der Waals surface area contributed by atoms with E-state index in [4.69, 9.17) is 5.11 Å². The van der Waals surface area contributed by atoms with Crippen molar-refractivity contribution < 1.29 is 9.90 Å². The maximum Gasteiger partial charge on any atom is 0.313 e. The van der Waals surface area contributed by atoms with Crippen LogP contribution in [0.15, 0.2) is 23.9 Å². The third kappa shape index (κ3) is 3.57. The second kappa shape index (κ2) is 6.37. The molecule has 8 heteroatoms. The van der Waals surface area contributed by atoms with Gasteiger partial charge in [0.1, 0.15) is 5.82 Å². The molecule has 2 aromatic heterocycles. The van der Waals surface area contributed by atoms with E-state index >= 15 is 0 Å². The van der Waals surface area contributed by atoms with Crippen LogP contribution in [0.4, 0.5) is 0 Å². The van der Waals surface area contributed by atoms with Crippen molar-refractivity contribution in [3.05, 3.63) is 24.5 Å². The number of aryl methyl sites for hydroxylation is 2. The van der Waals surface area contributed by atoms with Crippen molar-refractivity contribution in [3.63, 3.8) is 0 Å². The first-order valence-corrected chi connectivity index (χ1v) is 6.91. The Morgan fingerprint density at radius 2 is 2.26 bits per heavy atom. The van der Waals surface area contributed by atoms with Gasteiger partial charge in [0.25, 0.3) is 0 Å². The fourth-order valence-electron chi connectivity index (χ4n) is 1.67. The maximum absolute atomic E-state index is 10.6. The van der Waals surface area contributed by atoms with E-state index in [0.717, 1.165) is 18.8 Å². The highest BCUT2D eigenvalue weighted by Gasteiger charge is 2.12. The molecule has 2 aromatic rings. The molecule has 0 saturated heterocycles. The van der Waals surface area contributed by atoms with Gasteiger partial charge < -0.3 is 14.2 Å². The SMILES string of the molecule is CCc1nnc(SCC(=O)O)n1CCn1ccnc1. The second-order valence-corrected chi connectivity index (χ2v) is 4.83. The summed E-state index contributed by atoms with van der Waals surface area (Å²) in [5.41, 5.74) is 0. The second-order valence-electron chi connectivity index (χ2n) is 3.89. The van der Waals surface area contributed by atoms with E-state index in [1.54, 1.807) is 12.5 Å². The Labute approximate surface area is 114 Å². The Morgan fingerprint density at radius 1 is 1.42 bits per heavy atom. The summed E-state index contributed by atoms with van der Waals surface area (Å²) in [6.45, 7) is 3.46. The van der Waals surface area contributed by atoms with Crippen LogP contribution in [-0.4, -0.2) is 41.1 Å². The van der Waals surface area contributed by atoms with Crippen molar-refractivity contribution in [1.82, 2.24) is 24.3 Å². The van der Waals surface area contributed by atoms with Crippen LogP contribution in [0.25, 0.3) is 0 Å².